The highest BCUT2D eigenvalue weighted by Gasteiger charge is 2.31. The fourth-order valence-corrected chi connectivity index (χ4v) is 6.06. The van der Waals surface area contributed by atoms with E-state index in [4.69, 9.17) is 26.0 Å². The predicted octanol–water partition coefficient (Wildman–Crippen LogP) is 4.22. The molecule has 2 unspecified atom stereocenters. The average molecular weight is 478 g/mol. The van der Waals surface area contributed by atoms with Crippen molar-refractivity contribution in [1.82, 2.24) is 5.32 Å². The number of carbonyl (C=O) groups excluding carboxylic acids is 3. The number of amides is 1. The molecule has 3 atom stereocenters. The smallest absolute Gasteiger partial charge is 0.408 e. The summed E-state index contributed by atoms with van der Waals surface area (Å²) in [4.78, 5) is 36.2. The van der Waals surface area contributed by atoms with Crippen LogP contribution in [0.3, 0.4) is 0 Å². The maximum Gasteiger partial charge on any atom is 0.408 e. The predicted molar refractivity (Wildman–Crippen MR) is 126 cm³/mol. The van der Waals surface area contributed by atoms with Crippen molar-refractivity contribution in [3.63, 3.8) is 0 Å². The lowest BCUT2D eigenvalue weighted by atomic mass is 10.2. The van der Waals surface area contributed by atoms with Crippen LogP contribution in [0, 0.1) is 0 Å². The molecule has 32 heavy (non-hydrogen) atoms. The summed E-state index contributed by atoms with van der Waals surface area (Å²) in [5.41, 5.74) is 1.63. The second kappa shape index (κ2) is 12.4. The Balaban J connectivity index is 2.05. The second-order valence-corrected chi connectivity index (χ2v) is 13.1. The zero-order valence-electron chi connectivity index (χ0n) is 18.4. The molecule has 2 aromatic carbocycles. The van der Waals surface area contributed by atoms with Gasteiger partial charge in [0.1, 0.15) is 12.6 Å². The maximum absolute atomic E-state index is 12.3. The van der Waals surface area contributed by atoms with Crippen LogP contribution in [0.25, 0.3) is 0 Å². The molecule has 0 saturated heterocycles. The summed E-state index contributed by atoms with van der Waals surface area (Å²) in [6.45, 7) is 3.30. The Morgan fingerprint density at radius 1 is 1.03 bits per heavy atom. The van der Waals surface area contributed by atoms with Gasteiger partial charge in [-0.15, -0.1) is 0 Å². The lowest BCUT2D eigenvalue weighted by molar-refractivity contribution is -0.144. The minimum atomic E-state index is -2.30. The third-order valence-corrected chi connectivity index (χ3v) is 8.37. The van der Waals surface area contributed by atoms with Gasteiger partial charge < -0.3 is 19.5 Å². The van der Waals surface area contributed by atoms with Crippen molar-refractivity contribution >= 4 is 35.9 Å². The van der Waals surface area contributed by atoms with Gasteiger partial charge in [0, 0.05) is 6.92 Å². The molecule has 0 bridgehead atoms. The molecule has 0 saturated carbocycles. The number of ether oxygens (including phenoxy) is 3. The molecule has 2 aromatic rings. The molecular formula is C23H28NO6PS. The first kappa shape index (κ1) is 25.6. The number of esters is 2. The minimum Gasteiger partial charge on any atom is -0.467 e. The zero-order valence-corrected chi connectivity index (χ0v) is 20.1. The van der Waals surface area contributed by atoms with Crippen molar-refractivity contribution in [2.75, 3.05) is 19.9 Å². The number of hydrogen-bond donors (Lipinski definition) is 1. The van der Waals surface area contributed by atoms with Crippen LogP contribution >= 0.6 is 6.04 Å². The summed E-state index contributed by atoms with van der Waals surface area (Å²) in [5, 5.41) is 2.56. The van der Waals surface area contributed by atoms with Gasteiger partial charge in [0.05, 0.1) is 7.11 Å². The molecule has 0 aliphatic heterocycles. The summed E-state index contributed by atoms with van der Waals surface area (Å²) in [7, 11) is 1.25. The summed E-state index contributed by atoms with van der Waals surface area (Å²) >= 11 is 5.87. The van der Waals surface area contributed by atoms with Gasteiger partial charge in [-0.3, -0.25) is 4.79 Å². The van der Waals surface area contributed by atoms with E-state index in [1.165, 1.54) is 14.0 Å². The lowest BCUT2D eigenvalue weighted by Crippen LogP contribution is -2.42. The highest BCUT2D eigenvalue weighted by molar-refractivity contribution is 8.14. The van der Waals surface area contributed by atoms with Crippen molar-refractivity contribution in [2.45, 2.75) is 31.8 Å². The number of nitrogens with one attached hydrogen (secondary N) is 1. The van der Waals surface area contributed by atoms with Crippen LogP contribution in [0.5, 0.6) is 0 Å². The molecule has 0 spiro atoms. The van der Waals surface area contributed by atoms with Crippen LogP contribution in [0.15, 0.2) is 60.7 Å². The molecule has 7 nitrogen and oxygen atoms in total. The Morgan fingerprint density at radius 3 is 2.19 bits per heavy atom. The molecule has 0 heterocycles. The van der Waals surface area contributed by atoms with Gasteiger partial charge in [0.2, 0.25) is 0 Å². The molecule has 0 aliphatic carbocycles. The topological polar surface area (TPSA) is 90.9 Å². The first-order valence-electron chi connectivity index (χ1n) is 10.1. The highest BCUT2D eigenvalue weighted by Crippen LogP contribution is 2.57. The number of benzene rings is 2. The van der Waals surface area contributed by atoms with Crippen molar-refractivity contribution in [1.29, 1.82) is 0 Å². The second-order valence-electron chi connectivity index (χ2n) is 7.34. The molecule has 1 amide bonds. The Hall–Kier alpha value is -2.70. The van der Waals surface area contributed by atoms with Crippen LogP contribution in [0.4, 0.5) is 4.79 Å². The molecule has 1 N–H and O–H groups in total. The van der Waals surface area contributed by atoms with Crippen LogP contribution in [0.2, 0.25) is 0 Å². The summed E-state index contributed by atoms with van der Waals surface area (Å²) in [6.07, 6.45) is -0.104. The van der Waals surface area contributed by atoms with Crippen LogP contribution in [-0.4, -0.2) is 44.0 Å². The highest BCUT2D eigenvalue weighted by atomic mass is 32.4. The quantitative estimate of drug-likeness (QED) is 0.311. The van der Waals surface area contributed by atoms with E-state index in [9.17, 15) is 14.4 Å². The Bertz CT molecular complexity index is 953. The molecular weight excluding hydrogens is 449 g/mol. The van der Waals surface area contributed by atoms with Crippen LogP contribution in [0.1, 0.15) is 30.3 Å². The van der Waals surface area contributed by atoms with E-state index in [-0.39, 0.29) is 13.0 Å². The summed E-state index contributed by atoms with van der Waals surface area (Å²) in [6, 6.07) is 15.3. The van der Waals surface area contributed by atoms with Crippen molar-refractivity contribution in [2.24, 2.45) is 0 Å². The van der Waals surface area contributed by atoms with E-state index in [0.29, 0.717) is 6.16 Å². The Kier molecular flexibility index (Phi) is 9.88. The molecule has 0 aliphatic rings. The van der Waals surface area contributed by atoms with E-state index in [1.807, 2.05) is 67.3 Å². The average Bonchev–Trinajstić information content (AvgIpc) is 2.79. The van der Waals surface area contributed by atoms with Gasteiger partial charge in [-0.1, -0.05) is 72.5 Å². The van der Waals surface area contributed by atoms with Gasteiger partial charge in [-0.05, 0) is 36.4 Å². The third kappa shape index (κ3) is 8.09. The van der Waals surface area contributed by atoms with E-state index in [1.54, 1.807) is 0 Å². The SMILES string of the molecule is COC(=O)[C@H](CCP(C)(=S)C(OC(C)=O)c1ccccc1)NC(=O)OCc1ccccc1. The number of alkyl carbamates (subject to hydrolysis) is 1. The van der Waals surface area contributed by atoms with Gasteiger partial charge in [0.25, 0.3) is 0 Å². The number of rotatable bonds is 10. The fourth-order valence-electron chi connectivity index (χ4n) is 3.07. The zero-order chi connectivity index (χ0) is 23.6. The van der Waals surface area contributed by atoms with Crippen LogP contribution in [-0.2, 0) is 42.2 Å². The van der Waals surface area contributed by atoms with E-state index >= 15 is 0 Å². The number of hydrogen-bond acceptors (Lipinski definition) is 7. The van der Waals surface area contributed by atoms with Crippen LogP contribution < -0.4 is 5.32 Å². The summed E-state index contributed by atoms with van der Waals surface area (Å²) in [5.74, 6) is -1.61. The Morgan fingerprint density at radius 2 is 1.62 bits per heavy atom. The largest absolute Gasteiger partial charge is 0.467 e. The summed E-state index contributed by atoms with van der Waals surface area (Å²) < 4.78 is 15.6. The van der Waals surface area contributed by atoms with Gasteiger partial charge in [-0.25, -0.2) is 9.59 Å². The van der Waals surface area contributed by atoms with Gasteiger partial charge >= 0.3 is 18.0 Å². The van der Waals surface area contributed by atoms with E-state index in [0.717, 1.165) is 11.1 Å². The molecule has 172 valence electrons. The third-order valence-electron chi connectivity index (χ3n) is 4.71. The fraction of sp³-hybridized carbons (Fsp3) is 0.348. The normalized spacial score (nSPS) is 14.3. The number of methoxy groups -OCH3 is 1. The van der Waals surface area contributed by atoms with Gasteiger partial charge in [-0.2, -0.15) is 0 Å². The molecule has 0 fully saturated rings. The first-order valence-corrected chi connectivity index (χ1v) is 13.6. The molecule has 0 radical (unpaired) electrons. The van der Waals surface area contributed by atoms with Gasteiger partial charge in [0.15, 0.2) is 5.85 Å². The standard InChI is InChI=1S/C23H28NO6PS/c1-17(25)30-22(19-12-8-5-9-13-19)31(3,32)15-14-20(21(26)28-2)24-23(27)29-16-18-10-6-4-7-11-18/h4-13,20,22H,14-16H2,1-3H3,(H,24,27)/t20-,22?,31?/m0/s1. The van der Waals surface area contributed by atoms with E-state index in [2.05, 4.69) is 5.32 Å². The molecule has 2 rings (SSSR count). The number of carbonyl (C=O) groups is 3. The van der Waals surface area contributed by atoms with Crippen molar-refractivity contribution in [3.8, 4) is 0 Å². The maximum atomic E-state index is 12.3. The lowest BCUT2D eigenvalue weighted by Gasteiger charge is -2.29. The minimum absolute atomic E-state index is 0.0782. The van der Waals surface area contributed by atoms with E-state index < -0.39 is 36.0 Å². The molecule has 9 heteroatoms. The van der Waals surface area contributed by atoms with Crippen molar-refractivity contribution in [3.05, 3.63) is 71.8 Å². The molecule has 0 aromatic heterocycles. The monoisotopic (exact) mass is 477 g/mol. The first-order chi connectivity index (χ1) is 15.2. The Labute approximate surface area is 193 Å². The van der Waals surface area contributed by atoms with Crippen molar-refractivity contribution < 1.29 is 28.6 Å².